The van der Waals surface area contributed by atoms with Gasteiger partial charge in [0.25, 0.3) is 0 Å². The largest absolute Gasteiger partial charge is 0.497 e. The summed E-state index contributed by atoms with van der Waals surface area (Å²) in [5.74, 6) is 1.99. The van der Waals surface area contributed by atoms with Crippen molar-refractivity contribution in [1.82, 2.24) is 9.80 Å². The minimum Gasteiger partial charge on any atom is -0.497 e. The van der Waals surface area contributed by atoms with E-state index in [0.717, 1.165) is 55.1 Å². The van der Waals surface area contributed by atoms with E-state index in [4.69, 9.17) is 4.74 Å². The molecule has 0 aliphatic carbocycles. The number of thioether (sulfide) groups is 1. The number of carbonyl (C=O) groups excluding carboxylic acids is 1. The van der Waals surface area contributed by atoms with Gasteiger partial charge in [-0.3, -0.25) is 9.69 Å². The molecule has 1 aliphatic heterocycles. The predicted molar refractivity (Wildman–Crippen MR) is 119 cm³/mol. The number of rotatable bonds is 7. The molecule has 0 N–H and O–H groups in total. The van der Waals surface area contributed by atoms with Gasteiger partial charge >= 0.3 is 0 Å². The third-order valence-electron chi connectivity index (χ3n) is 4.90. The molecule has 1 amide bonds. The maximum Gasteiger partial charge on any atom is 0.223 e. The number of nitrogens with zero attached hydrogens (tertiary/aromatic N) is 2. The standard InChI is InChI=1S/C22H27BrN2O2S/c1-27-20-7-3-18(4-8-20)17-24-12-2-13-25(15-14-24)22(26)11-16-28-21-9-5-19(23)6-10-21/h3-10H,2,11-17H2,1H3. The molecule has 0 radical (unpaired) electrons. The minimum absolute atomic E-state index is 0.274. The molecule has 0 atom stereocenters. The molecule has 4 nitrogen and oxygen atoms in total. The van der Waals surface area contributed by atoms with Gasteiger partial charge < -0.3 is 9.64 Å². The van der Waals surface area contributed by atoms with Crippen LogP contribution in [-0.2, 0) is 11.3 Å². The lowest BCUT2D eigenvalue weighted by molar-refractivity contribution is -0.130. The van der Waals surface area contributed by atoms with E-state index in [1.165, 1.54) is 10.5 Å². The van der Waals surface area contributed by atoms with Gasteiger partial charge in [-0.15, -0.1) is 11.8 Å². The fourth-order valence-electron chi connectivity index (χ4n) is 3.31. The highest BCUT2D eigenvalue weighted by Crippen LogP contribution is 2.22. The van der Waals surface area contributed by atoms with E-state index in [2.05, 4.69) is 45.1 Å². The molecule has 1 fully saturated rings. The van der Waals surface area contributed by atoms with Crippen molar-refractivity contribution >= 4 is 33.6 Å². The van der Waals surface area contributed by atoms with Crippen LogP contribution in [0.5, 0.6) is 5.75 Å². The van der Waals surface area contributed by atoms with Crippen LogP contribution in [0.25, 0.3) is 0 Å². The molecule has 0 bridgehead atoms. The molecule has 1 saturated heterocycles. The van der Waals surface area contributed by atoms with Crippen molar-refractivity contribution < 1.29 is 9.53 Å². The smallest absolute Gasteiger partial charge is 0.223 e. The van der Waals surface area contributed by atoms with Gasteiger partial charge in [-0.1, -0.05) is 28.1 Å². The van der Waals surface area contributed by atoms with E-state index in [0.29, 0.717) is 6.42 Å². The van der Waals surface area contributed by atoms with Crippen LogP contribution < -0.4 is 4.74 Å². The van der Waals surface area contributed by atoms with Gasteiger partial charge in [0.2, 0.25) is 5.91 Å². The zero-order valence-corrected chi connectivity index (χ0v) is 18.7. The van der Waals surface area contributed by atoms with Crippen LogP contribution in [0.3, 0.4) is 0 Å². The van der Waals surface area contributed by atoms with Gasteiger partial charge in [-0.25, -0.2) is 0 Å². The van der Waals surface area contributed by atoms with Crippen LogP contribution >= 0.6 is 27.7 Å². The average molecular weight is 463 g/mol. The summed E-state index contributed by atoms with van der Waals surface area (Å²) in [6.45, 7) is 4.56. The summed E-state index contributed by atoms with van der Waals surface area (Å²) in [7, 11) is 1.69. The normalized spacial score (nSPS) is 15.3. The molecular weight excluding hydrogens is 436 g/mol. The second-order valence-corrected chi connectivity index (χ2v) is 8.99. The molecule has 2 aromatic rings. The number of carbonyl (C=O) groups is 1. The Hall–Kier alpha value is -1.50. The molecule has 0 spiro atoms. The molecule has 150 valence electrons. The fourth-order valence-corrected chi connectivity index (χ4v) is 4.42. The topological polar surface area (TPSA) is 32.8 Å². The van der Waals surface area contributed by atoms with Crippen LogP contribution in [0.15, 0.2) is 57.9 Å². The Kier molecular flexibility index (Phi) is 8.25. The monoisotopic (exact) mass is 462 g/mol. The molecule has 6 heteroatoms. The van der Waals surface area contributed by atoms with E-state index in [1.54, 1.807) is 18.9 Å². The van der Waals surface area contributed by atoms with Gasteiger partial charge in [-0.2, -0.15) is 0 Å². The second kappa shape index (κ2) is 10.9. The molecule has 2 aromatic carbocycles. The molecule has 0 aromatic heterocycles. The summed E-state index contributed by atoms with van der Waals surface area (Å²) < 4.78 is 6.30. The predicted octanol–water partition coefficient (Wildman–Crippen LogP) is 4.67. The van der Waals surface area contributed by atoms with Crippen molar-refractivity contribution in [2.75, 3.05) is 39.0 Å². The summed E-state index contributed by atoms with van der Waals surface area (Å²) >= 11 is 5.19. The van der Waals surface area contributed by atoms with Crippen molar-refractivity contribution in [1.29, 1.82) is 0 Å². The summed E-state index contributed by atoms with van der Waals surface area (Å²) in [4.78, 5) is 18.3. The van der Waals surface area contributed by atoms with Gasteiger partial charge in [0.1, 0.15) is 5.75 Å². The SMILES string of the molecule is COc1ccc(CN2CCCN(C(=O)CCSc3ccc(Br)cc3)CC2)cc1. The van der Waals surface area contributed by atoms with Gasteiger partial charge in [0, 0.05) is 54.3 Å². The van der Waals surface area contributed by atoms with E-state index in [-0.39, 0.29) is 5.91 Å². The van der Waals surface area contributed by atoms with E-state index in [9.17, 15) is 4.79 Å². The number of halogens is 1. The Morgan fingerprint density at radius 1 is 1.04 bits per heavy atom. The third-order valence-corrected chi connectivity index (χ3v) is 6.45. The number of hydrogen-bond donors (Lipinski definition) is 0. The summed E-state index contributed by atoms with van der Waals surface area (Å²) in [6.07, 6.45) is 1.63. The molecule has 1 heterocycles. The summed E-state index contributed by atoms with van der Waals surface area (Å²) in [5, 5.41) is 0. The Balaban J connectivity index is 1.42. The average Bonchev–Trinajstić information content (AvgIpc) is 2.96. The highest BCUT2D eigenvalue weighted by Gasteiger charge is 2.19. The number of hydrogen-bond acceptors (Lipinski definition) is 4. The Morgan fingerprint density at radius 2 is 1.79 bits per heavy atom. The summed E-state index contributed by atoms with van der Waals surface area (Å²) in [5.41, 5.74) is 1.28. The first-order chi connectivity index (χ1) is 13.6. The Bertz CT molecular complexity index is 752. The molecular formula is C22H27BrN2O2S. The van der Waals surface area contributed by atoms with Crippen LogP contribution in [0.2, 0.25) is 0 Å². The van der Waals surface area contributed by atoms with Crippen molar-refractivity contribution in [2.24, 2.45) is 0 Å². The fraction of sp³-hybridized carbons (Fsp3) is 0.409. The molecule has 3 rings (SSSR count). The van der Waals surface area contributed by atoms with Gasteiger partial charge in [-0.05, 0) is 48.4 Å². The highest BCUT2D eigenvalue weighted by atomic mass is 79.9. The number of amides is 1. The van der Waals surface area contributed by atoms with Crippen molar-refractivity contribution in [3.05, 3.63) is 58.6 Å². The first kappa shape index (κ1) is 21.2. The zero-order valence-electron chi connectivity index (χ0n) is 16.3. The van der Waals surface area contributed by atoms with Crippen LogP contribution in [0.1, 0.15) is 18.4 Å². The van der Waals surface area contributed by atoms with Crippen LogP contribution in [-0.4, -0.2) is 54.7 Å². The number of benzene rings is 2. The Morgan fingerprint density at radius 3 is 2.50 bits per heavy atom. The van der Waals surface area contributed by atoms with Gasteiger partial charge in [0.05, 0.1) is 7.11 Å². The molecule has 0 saturated carbocycles. The van der Waals surface area contributed by atoms with Crippen LogP contribution in [0.4, 0.5) is 0 Å². The van der Waals surface area contributed by atoms with E-state index in [1.807, 2.05) is 29.2 Å². The molecule has 28 heavy (non-hydrogen) atoms. The maximum absolute atomic E-state index is 12.6. The minimum atomic E-state index is 0.274. The quantitative estimate of drug-likeness (QED) is 0.559. The van der Waals surface area contributed by atoms with Crippen molar-refractivity contribution in [3.63, 3.8) is 0 Å². The third kappa shape index (κ3) is 6.54. The Labute approximate surface area is 180 Å². The zero-order chi connectivity index (χ0) is 19.8. The van der Waals surface area contributed by atoms with E-state index < -0.39 is 0 Å². The highest BCUT2D eigenvalue weighted by molar-refractivity contribution is 9.10. The lowest BCUT2D eigenvalue weighted by Gasteiger charge is -2.22. The lowest BCUT2D eigenvalue weighted by atomic mass is 10.2. The number of methoxy groups -OCH3 is 1. The van der Waals surface area contributed by atoms with Crippen molar-refractivity contribution in [3.8, 4) is 5.75 Å². The van der Waals surface area contributed by atoms with Crippen molar-refractivity contribution in [2.45, 2.75) is 24.3 Å². The maximum atomic E-state index is 12.6. The lowest BCUT2D eigenvalue weighted by Crippen LogP contribution is -2.35. The molecule has 1 aliphatic rings. The van der Waals surface area contributed by atoms with E-state index >= 15 is 0 Å². The first-order valence-electron chi connectivity index (χ1n) is 9.65. The van der Waals surface area contributed by atoms with Gasteiger partial charge in [0.15, 0.2) is 0 Å². The van der Waals surface area contributed by atoms with Crippen LogP contribution in [0, 0.1) is 0 Å². The first-order valence-corrected chi connectivity index (χ1v) is 11.4. The summed E-state index contributed by atoms with van der Waals surface area (Å²) in [6, 6.07) is 16.5. The number of ether oxygens (including phenoxy) is 1. The molecule has 0 unspecified atom stereocenters. The second-order valence-electron chi connectivity index (χ2n) is 6.91.